The number of rotatable bonds is 1. The Morgan fingerprint density at radius 3 is 2.85 bits per heavy atom. The van der Waals surface area contributed by atoms with Crippen LogP contribution in [0.2, 0.25) is 5.02 Å². The molecule has 3 heteroatoms. The van der Waals surface area contributed by atoms with Gasteiger partial charge < -0.3 is 10.2 Å². The molecule has 1 aromatic heterocycles. The molecule has 0 aliphatic carbocycles. The highest BCUT2D eigenvalue weighted by Gasteiger charge is 2.08. The molecular formula is C10H10ClNO. The predicted octanol–water partition coefficient (Wildman–Crippen LogP) is 3.11. The van der Waals surface area contributed by atoms with Crippen LogP contribution in [-0.2, 0) is 0 Å². The van der Waals surface area contributed by atoms with Crippen LogP contribution in [0, 0.1) is 0 Å². The zero-order valence-corrected chi connectivity index (χ0v) is 8.01. The third-order valence-corrected chi connectivity index (χ3v) is 2.31. The van der Waals surface area contributed by atoms with Gasteiger partial charge in [-0.2, -0.15) is 0 Å². The molecule has 2 nitrogen and oxygen atoms in total. The van der Waals surface area contributed by atoms with Gasteiger partial charge in [0.25, 0.3) is 0 Å². The van der Waals surface area contributed by atoms with E-state index in [1.807, 2.05) is 31.2 Å². The lowest BCUT2D eigenvalue weighted by Crippen LogP contribution is -2.02. The van der Waals surface area contributed by atoms with Gasteiger partial charge in [-0.25, -0.2) is 0 Å². The fourth-order valence-electron chi connectivity index (χ4n) is 1.27. The third-order valence-electron chi connectivity index (χ3n) is 1.98. The van der Waals surface area contributed by atoms with E-state index in [9.17, 15) is 0 Å². The summed E-state index contributed by atoms with van der Waals surface area (Å²) in [7, 11) is 0. The Morgan fingerprint density at radius 2 is 2.23 bits per heavy atom. The minimum absolute atomic E-state index is 0.0940. The number of hydrogen-bond donors (Lipinski definition) is 1. The van der Waals surface area contributed by atoms with Gasteiger partial charge in [0.1, 0.15) is 11.3 Å². The van der Waals surface area contributed by atoms with Crippen molar-refractivity contribution in [2.24, 2.45) is 5.73 Å². The summed E-state index contributed by atoms with van der Waals surface area (Å²) in [6.07, 6.45) is 0. The molecule has 1 unspecified atom stereocenters. The molecular weight excluding hydrogens is 186 g/mol. The monoisotopic (exact) mass is 195 g/mol. The third kappa shape index (κ3) is 1.43. The minimum Gasteiger partial charge on any atom is -0.459 e. The average Bonchev–Trinajstić information content (AvgIpc) is 2.49. The van der Waals surface area contributed by atoms with Crippen LogP contribution in [0.3, 0.4) is 0 Å². The fraction of sp³-hybridized carbons (Fsp3) is 0.200. The van der Waals surface area contributed by atoms with Crippen molar-refractivity contribution in [3.05, 3.63) is 35.0 Å². The van der Waals surface area contributed by atoms with Crippen LogP contribution >= 0.6 is 11.6 Å². The molecule has 1 atom stereocenters. The minimum atomic E-state index is -0.0940. The molecule has 0 bridgehead atoms. The smallest absolute Gasteiger partial charge is 0.135 e. The first kappa shape index (κ1) is 8.60. The van der Waals surface area contributed by atoms with E-state index < -0.39 is 0 Å². The Morgan fingerprint density at radius 1 is 1.46 bits per heavy atom. The standard InChI is InChI=1S/C10H10ClNO/c1-6(12)10-5-7-8(11)3-2-4-9(7)13-10/h2-6H,12H2,1H3. The highest BCUT2D eigenvalue weighted by Crippen LogP contribution is 2.28. The molecule has 0 amide bonds. The molecule has 68 valence electrons. The van der Waals surface area contributed by atoms with Crippen LogP contribution < -0.4 is 5.73 Å². The van der Waals surface area contributed by atoms with Crippen molar-refractivity contribution in [2.75, 3.05) is 0 Å². The van der Waals surface area contributed by atoms with Gasteiger partial charge in [-0.3, -0.25) is 0 Å². The van der Waals surface area contributed by atoms with Gasteiger partial charge in [0.15, 0.2) is 0 Å². The maximum atomic E-state index is 5.97. The number of benzene rings is 1. The molecule has 1 heterocycles. The van der Waals surface area contributed by atoms with Crippen molar-refractivity contribution < 1.29 is 4.42 Å². The maximum Gasteiger partial charge on any atom is 0.135 e. The first-order valence-electron chi connectivity index (χ1n) is 4.12. The summed E-state index contributed by atoms with van der Waals surface area (Å²) in [5, 5.41) is 1.63. The van der Waals surface area contributed by atoms with E-state index in [4.69, 9.17) is 21.8 Å². The Balaban J connectivity index is 2.68. The SMILES string of the molecule is CC(N)c1cc2c(Cl)cccc2o1. The fourth-order valence-corrected chi connectivity index (χ4v) is 1.49. The molecule has 0 saturated carbocycles. The van der Waals surface area contributed by atoms with Gasteiger partial charge in [0, 0.05) is 5.39 Å². The summed E-state index contributed by atoms with van der Waals surface area (Å²) in [4.78, 5) is 0. The van der Waals surface area contributed by atoms with E-state index in [2.05, 4.69) is 0 Å². The molecule has 13 heavy (non-hydrogen) atoms. The Labute approximate surface area is 81.3 Å². The first-order valence-corrected chi connectivity index (χ1v) is 4.50. The van der Waals surface area contributed by atoms with E-state index in [1.54, 1.807) is 0 Å². The Bertz CT molecular complexity index is 433. The summed E-state index contributed by atoms with van der Waals surface area (Å²) in [5.41, 5.74) is 6.48. The quantitative estimate of drug-likeness (QED) is 0.760. The summed E-state index contributed by atoms with van der Waals surface area (Å²) in [5.74, 6) is 0.767. The predicted molar refractivity (Wildman–Crippen MR) is 53.8 cm³/mol. The highest BCUT2D eigenvalue weighted by molar-refractivity contribution is 6.35. The molecule has 0 saturated heterocycles. The van der Waals surface area contributed by atoms with Gasteiger partial charge in [0.2, 0.25) is 0 Å². The topological polar surface area (TPSA) is 39.2 Å². The normalized spacial score (nSPS) is 13.5. The Hall–Kier alpha value is -0.990. The van der Waals surface area contributed by atoms with E-state index in [0.717, 1.165) is 16.7 Å². The van der Waals surface area contributed by atoms with E-state index in [0.29, 0.717) is 5.02 Å². The van der Waals surface area contributed by atoms with Gasteiger partial charge in [-0.05, 0) is 25.1 Å². The number of halogens is 1. The number of hydrogen-bond acceptors (Lipinski definition) is 2. The van der Waals surface area contributed by atoms with Crippen molar-refractivity contribution in [2.45, 2.75) is 13.0 Å². The molecule has 0 fully saturated rings. The zero-order valence-electron chi connectivity index (χ0n) is 7.25. The lowest BCUT2D eigenvalue weighted by Gasteiger charge is -1.96. The molecule has 1 aromatic carbocycles. The second kappa shape index (κ2) is 3.05. The van der Waals surface area contributed by atoms with Crippen LogP contribution in [0.1, 0.15) is 18.7 Å². The van der Waals surface area contributed by atoms with Crippen LogP contribution in [0.4, 0.5) is 0 Å². The second-order valence-electron chi connectivity index (χ2n) is 3.09. The summed E-state index contributed by atoms with van der Waals surface area (Å²) < 4.78 is 5.50. The summed E-state index contributed by atoms with van der Waals surface area (Å²) >= 11 is 5.97. The lowest BCUT2D eigenvalue weighted by molar-refractivity contribution is 0.513. The largest absolute Gasteiger partial charge is 0.459 e. The molecule has 0 spiro atoms. The number of nitrogens with two attached hydrogens (primary N) is 1. The van der Waals surface area contributed by atoms with Crippen molar-refractivity contribution in [3.8, 4) is 0 Å². The molecule has 2 aromatic rings. The van der Waals surface area contributed by atoms with Crippen LogP contribution in [-0.4, -0.2) is 0 Å². The van der Waals surface area contributed by atoms with Gasteiger partial charge in [0.05, 0.1) is 11.1 Å². The van der Waals surface area contributed by atoms with Crippen LogP contribution in [0.15, 0.2) is 28.7 Å². The van der Waals surface area contributed by atoms with Crippen LogP contribution in [0.5, 0.6) is 0 Å². The zero-order chi connectivity index (χ0) is 9.42. The van der Waals surface area contributed by atoms with Gasteiger partial charge in [-0.1, -0.05) is 17.7 Å². The lowest BCUT2D eigenvalue weighted by atomic mass is 10.2. The van der Waals surface area contributed by atoms with Gasteiger partial charge >= 0.3 is 0 Å². The van der Waals surface area contributed by atoms with Crippen molar-refractivity contribution >= 4 is 22.6 Å². The average molecular weight is 196 g/mol. The summed E-state index contributed by atoms with van der Waals surface area (Å²) in [6.45, 7) is 1.88. The molecule has 2 rings (SSSR count). The molecule has 0 radical (unpaired) electrons. The molecule has 0 aliphatic rings. The van der Waals surface area contributed by atoms with E-state index in [-0.39, 0.29) is 6.04 Å². The number of fused-ring (bicyclic) bond motifs is 1. The van der Waals surface area contributed by atoms with E-state index in [1.165, 1.54) is 0 Å². The molecule has 2 N–H and O–H groups in total. The van der Waals surface area contributed by atoms with Crippen molar-refractivity contribution in [1.82, 2.24) is 0 Å². The maximum absolute atomic E-state index is 5.97. The first-order chi connectivity index (χ1) is 6.18. The van der Waals surface area contributed by atoms with Gasteiger partial charge in [-0.15, -0.1) is 0 Å². The summed E-state index contributed by atoms with van der Waals surface area (Å²) in [6, 6.07) is 7.38. The van der Waals surface area contributed by atoms with E-state index >= 15 is 0 Å². The Kier molecular flexibility index (Phi) is 2.02. The van der Waals surface area contributed by atoms with Crippen molar-refractivity contribution in [1.29, 1.82) is 0 Å². The highest BCUT2D eigenvalue weighted by atomic mass is 35.5. The number of furan rings is 1. The van der Waals surface area contributed by atoms with Crippen LogP contribution in [0.25, 0.3) is 11.0 Å². The van der Waals surface area contributed by atoms with Crippen molar-refractivity contribution in [3.63, 3.8) is 0 Å². The second-order valence-corrected chi connectivity index (χ2v) is 3.50. The molecule has 0 aliphatic heterocycles.